The lowest BCUT2D eigenvalue weighted by atomic mass is 10.0. The molecule has 0 saturated carbocycles. The Labute approximate surface area is 228 Å². The average Bonchev–Trinajstić information content (AvgIpc) is 3.56. The number of nitrogens with zero attached hydrogens (tertiary/aromatic N) is 3. The fraction of sp³-hybridized carbons (Fsp3) is 0.400. The Kier molecular flexibility index (Phi) is 8.68. The van der Waals surface area contributed by atoms with Gasteiger partial charge in [-0.15, -0.1) is 0 Å². The molecule has 204 valence electrons. The number of imidazole rings is 1. The second-order valence-electron chi connectivity index (χ2n) is 10.2. The van der Waals surface area contributed by atoms with Crippen molar-refractivity contribution < 1.29 is 19.1 Å². The summed E-state index contributed by atoms with van der Waals surface area (Å²) in [5.41, 5.74) is 4.02. The normalized spacial score (nSPS) is 16.9. The van der Waals surface area contributed by atoms with Crippen LogP contribution in [-0.2, 0) is 29.2 Å². The van der Waals surface area contributed by atoms with Crippen molar-refractivity contribution in [3.63, 3.8) is 0 Å². The molecule has 0 bridgehead atoms. The van der Waals surface area contributed by atoms with Crippen molar-refractivity contribution in [2.24, 2.45) is 0 Å². The van der Waals surface area contributed by atoms with Gasteiger partial charge in [-0.2, -0.15) is 0 Å². The second-order valence-corrected chi connectivity index (χ2v) is 10.2. The van der Waals surface area contributed by atoms with Gasteiger partial charge in [0.2, 0.25) is 11.8 Å². The van der Waals surface area contributed by atoms with Gasteiger partial charge in [0, 0.05) is 44.0 Å². The summed E-state index contributed by atoms with van der Waals surface area (Å²) in [7, 11) is 0. The van der Waals surface area contributed by atoms with Crippen molar-refractivity contribution in [3.05, 3.63) is 83.4 Å². The van der Waals surface area contributed by atoms with Gasteiger partial charge in [-0.25, -0.2) is 4.98 Å². The van der Waals surface area contributed by atoms with Crippen molar-refractivity contribution >= 4 is 17.7 Å². The standard InChI is InChI=1S/C30H35N5O4/c36-28-12-11-27(29(37)33-28)35-20-24-17-25(9-10-26(24)30(35)38)39-16-4-2-1-3-13-31-18-22-5-7-23(8-6-22)19-34-15-14-32-21-34/h5-10,14-15,17,21,27,31H,1-4,11-13,16,18-20H2,(H,33,36,37). The maximum atomic E-state index is 12.8. The minimum Gasteiger partial charge on any atom is -0.494 e. The van der Waals surface area contributed by atoms with Crippen LogP contribution in [0.3, 0.4) is 0 Å². The number of carbonyl (C=O) groups is 3. The predicted octanol–water partition coefficient (Wildman–Crippen LogP) is 3.42. The molecule has 0 spiro atoms. The molecule has 1 atom stereocenters. The summed E-state index contributed by atoms with van der Waals surface area (Å²) in [5.74, 6) is -0.0990. The highest BCUT2D eigenvalue weighted by atomic mass is 16.5. The molecular formula is C30H35N5O4. The molecule has 2 aromatic carbocycles. The number of carbonyl (C=O) groups excluding carboxylic acids is 3. The molecule has 9 nitrogen and oxygen atoms in total. The van der Waals surface area contributed by atoms with Gasteiger partial charge < -0.3 is 19.5 Å². The van der Waals surface area contributed by atoms with Gasteiger partial charge in [0.1, 0.15) is 11.8 Å². The van der Waals surface area contributed by atoms with E-state index in [1.165, 1.54) is 11.1 Å². The van der Waals surface area contributed by atoms with Gasteiger partial charge in [0.15, 0.2) is 0 Å². The summed E-state index contributed by atoms with van der Waals surface area (Å²) in [5, 5.41) is 5.86. The van der Waals surface area contributed by atoms with Crippen LogP contribution in [-0.4, -0.2) is 51.4 Å². The number of amides is 3. The Balaban J connectivity index is 0.946. The number of fused-ring (bicyclic) bond motifs is 1. The van der Waals surface area contributed by atoms with E-state index in [1.54, 1.807) is 17.2 Å². The summed E-state index contributed by atoms with van der Waals surface area (Å²) in [6.07, 6.45) is 10.5. The number of nitrogens with one attached hydrogen (secondary N) is 2. The lowest BCUT2D eigenvalue weighted by Crippen LogP contribution is -2.52. The lowest BCUT2D eigenvalue weighted by Gasteiger charge is -2.29. The first-order chi connectivity index (χ1) is 19.1. The van der Waals surface area contributed by atoms with Gasteiger partial charge in [-0.1, -0.05) is 37.1 Å². The highest BCUT2D eigenvalue weighted by molar-refractivity contribution is 6.05. The number of hydrogen-bond acceptors (Lipinski definition) is 6. The molecule has 1 unspecified atom stereocenters. The van der Waals surface area contributed by atoms with Crippen molar-refractivity contribution in [1.29, 1.82) is 0 Å². The number of piperidine rings is 1. The molecule has 0 radical (unpaired) electrons. The quantitative estimate of drug-likeness (QED) is 0.260. The van der Waals surface area contributed by atoms with E-state index >= 15 is 0 Å². The highest BCUT2D eigenvalue weighted by Crippen LogP contribution is 2.30. The largest absolute Gasteiger partial charge is 0.494 e. The van der Waals surface area contributed by atoms with Crippen LogP contribution in [0.25, 0.3) is 0 Å². The number of unbranched alkanes of at least 4 members (excludes halogenated alkanes) is 3. The smallest absolute Gasteiger partial charge is 0.255 e. The van der Waals surface area contributed by atoms with Crippen molar-refractivity contribution in [3.8, 4) is 5.75 Å². The Bertz CT molecular complexity index is 1290. The van der Waals surface area contributed by atoms with E-state index in [4.69, 9.17) is 4.74 Å². The summed E-state index contributed by atoms with van der Waals surface area (Å²) in [4.78, 5) is 42.1. The summed E-state index contributed by atoms with van der Waals surface area (Å²) < 4.78 is 8.00. The number of benzene rings is 2. The number of imide groups is 1. The Hall–Kier alpha value is -3.98. The maximum absolute atomic E-state index is 12.8. The topological polar surface area (TPSA) is 106 Å². The molecule has 3 aromatic rings. The van der Waals surface area contributed by atoms with E-state index < -0.39 is 11.9 Å². The zero-order valence-corrected chi connectivity index (χ0v) is 22.1. The fourth-order valence-corrected chi connectivity index (χ4v) is 5.12. The summed E-state index contributed by atoms with van der Waals surface area (Å²) in [6.45, 7) is 3.69. The van der Waals surface area contributed by atoms with Crippen LogP contribution in [0.2, 0.25) is 0 Å². The molecule has 1 fully saturated rings. The monoisotopic (exact) mass is 529 g/mol. The molecule has 3 heterocycles. The molecule has 0 aliphatic carbocycles. The van der Waals surface area contributed by atoms with E-state index in [0.717, 1.165) is 56.6 Å². The van der Waals surface area contributed by atoms with Crippen LogP contribution >= 0.6 is 0 Å². The molecule has 2 N–H and O–H groups in total. The molecule has 39 heavy (non-hydrogen) atoms. The fourth-order valence-electron chi connectivity index (χ4n) is 5.12. The minimum absolute atomic E-state index is 0.165. The van der Waals surface area contributed by atoms with E-state index in [9.17, 15) is 14.4 Å². The molecule has 5 rings (SSSR count). The maximum Gasteiger partial charge on any atom is 0.255 e. The zero-order chi connectivity index (χ0) is 27.0. The molecule has 1 aromatic heterocycles. The molecule has 1 saturated heterocycles. The van der Waals surface area contributed by atoms with Crippen LogP contribution in [0.4, 0.5) is 0 Å². The number of ether oxygens (including phenoxy) is 1. The van der Waals surface area contributed by atoms with Crippen molar-refractivity contribution in [2.45, 2.75) is 64.2 Å². The summed E-state index contributed by atoms with van der Waals surface area (Å²) in [6, 6.07) is 13.6. The van der Waals surface area contributed by atoms with Gasteiger partial charge in [0.25, 0.3) is 5.91 Å². The van der Waals surface area contributed by atoms with Gasteiger partial charge >= 0.3 is 0 Å². The van der Waals surface area contributed by atoms with E-state index in [0.29, 0.717) is 25.1 Å². The van der Waals surface area contributed by atoms with Gasteiger partial charge in [0.05, 0.1) is 12.9 Å². The third-order valence-corrected chi connectivity index (χ3v) is 7.29. The third-order valence-electron chi connectivity index (χ3n) is 7.29. The third kappa shape index (κ3) is 6.92. The first kappa shape index (κ1) is 26.6. The number of aromatic nitrogens is 2. The Morgan fingerprint density at radius 1 is 1.00 bits per heavy atom. The van der Waals surface area contributed by atoms with Crippen LogP contribution in [0.5, 0.6) is 5.75 Å². The van der Waals surface area contributed by atoms with Crippen LogP contribution < -0.4 is 15.4 Å². The van der Waals surface area contributed by atoms with E-state index in [-0.39, 0.29) is 18.2 Å². The lowest BCUT2D eigenvalue weighted by molar-refractivity contribution is -0.136. The number of rotatable bonds is 13. The SMILES string of the molecule is O=C1CCC(N2Cc3cc(OCCCCCCNCc4ccc(Cn5ccnc5)cc4)ccc3C2=O)C(=O)N1. The molecular weight excluding hydrogens is 494 g/mol. The highest BCUT2D eigenvalue weighted by Gasteiger charge is 2.39. The molecule has 9 heteroatoms. The molecule has 2 aliphatic heterocycles. The summed E-state index contributed by atoms with van der Waals surface area (Å²) >= 11 is 0. The Morgan fingerprint density at radius 3 is 2.62 bits per heavy atom. The van der Waals surface area contributed by atoms with Gasteiger partial charge in [-0.3, -0.25) is 19.7 Å². The minimum atomic E-state index is -0.597. The average molecular weight is 530 g/mol. The zero-order valence-electron chi connectivity index (χ0n) is 22.1. The first-order valence-electron chi connectivity index (χ1n) is 13.7. The molecule has 2 aliphatic rings. The van der Waals surface area contributed by atoms with Crippen LogP contribution in [0.15, 0.2) is 61.2 Å². The van der Waals surface area contributed by atoms with Gasteiger partial charge in [-0.05, 0) is 60.7 Å². The number of hydrogen-bond donors (Lipinski definition) is 2. The molecule has 3 amide bonds. The van der Waals surface area contributed by atoms with E-state index in [2.05, 4.69) is 44.5 Å². The Morgan fingerprint density at radius 2 is 1.82 bits per heavy atom. The predicted molar refractivity (Wildman–Crippen MR) is 146 cm³/mol. The van der Waals surface area contributed by atoms with Crippen LogP contribution in [0.1, 0.15) is 65.6 Å². The second kappa shape index (κ2) is 12.7. The first-order valence-corrected chi connectivity index (χ1v) is 13.7. The van der Waals surface area contributed by atoms with Crippen LogP contribution in [0, 0.1) is 0 Å². The van der Waals surface area contributed by atoms with E-state index in [1.807, 2.05) is 24.7 Å². The van der Waals surface area contributed by atoms with Crippen molar-refractivity contribution in [1.82, 2.24) is 25.1 Å². The van der Waals surface area contributed by atoms with Crippen molar-refractivity contribution in [2.75, 3.05) is 13.2 Å².